The zero-order valence-corrected chi connectivity index (χ0v) is 8.24. The molecule has 1 aromatic rings. The molecule has 0 bridgehead atoms. The average molecular weight is 212 g/mol. The van der Waals surface area contributed by atoms with Crippen molar-refractivity contribution < 1.29 is 19.0 Å². The molecule has 0 aliphatic heterocycles. The number of hydrogen-bond acceptors (Lipinski definition) is 3. The molecule has 82 valence electrons. The maximum atomic E-state index is 13.5. The highest BCUT2D eigenvalue weighted by Gasteiger charge is 2.16. The molecule has 1 aromatic carbocycles. The van der Waals surface area contributed by atoms with Crippen LogP contribution in [0.2, 0.25) is 0 Å². The summed E-state index contributed by atoms with van der Waals surface area (Å²) in [6.07, 6.45) is -0.0572. The quantitative estimate of drug-likeness (QED) is 0.773. The molecule has 4 nitrogen and oxygen atoms in total. The lowest BCUT2D eigenvalue weighted by Crippen LogP contribution is -2.32. The summed E-state index contributed by atoms with van der Waals surface area (Å²) in [4.78, 5) is 10.5. The Morgan fingerprint density at radius 3 is 2.87 bits per heavy atom. The summed E-state index contributed by atoms with van der Waals surface area (Å²) in [5.74, 6) is -1.63. The van der Waals surface area contributed by atoms with Crippen LogP contribution in [0, 0.1) is 5.82 Å². The average Bonchev–Trinajstić information content (AvgIpc) is 2.21. The molecule has 0 spiro atoms. The van der Waals surface area contributed by atoms with Crippen LogP contribution in [-0.2, 0) is 11.2 Å². The fraction of sp³-hybridized carbons (Fsp3) is 0.300. The van der Waals surface area contributed by atoms with Crippen molar-refractivity contribution in [3.63, 3.8) is 0 Å². The van der Waals surface area contributed by atoms with E-state index >= 15 is 0 Å². The lowest BCUT2D eigenvalue weighted by Gasteiger charge is -2.09. The van der Waals surface area contributed by atoms with Gasteiger partial charge in [-0.3, -0.25) is 4.79 Å². The number of ether oxygens (including phenoxy) is 1. The molecular weight excluding hydrogens is 200 g/mol. The van der Waals surface area contributed by atoms with Gasteiger partial charge in [-0.15, -0.1) is 0 Å². The number of methoxy groups -OCH3 is 1. The van der Waals surface area contributed by atoms with Crippen molar-refractivity contribution in [3.8, 4) is 5.75 Å². The standard InChI is InChI=1S/C10H12FNO3/c1-15-8-4-2-3-6(9(8)11)5-7(12)10(13)14/h2-4,7H,5,12H2,1H3,(H,13,14)/i11-1. The predicted molar refractivity (Wildman–Crippen MR) is 52.3 cm³/mol. The second-order valence-electron chi connectivity index (χ2n) is 3.08. The van der Waals surface area contributed by atoms with E-state index in [2.05, 4.69) is 0 Å². The highest BCUT2D eigenvalue weighted by molar-refractivity contribution is 5.73. The molecular formula is C10H12FNO3. The topological polar surface area (TPSA) is 72.5 Å². The van der Waals surface area contributed by atoms with Crippen molar-refractivity contribution in [1.29, 1.82) is 0 Å². The van der Waals surface area contributed by atoms with Crippen LogP contribution in [0.1, 0.15) is 5.56 Å². The van der Waals surface area contributed by atoms with Crippen molar-refractivity contribution in [2.75, 3.05) is 7.11 Å². The first-order valence-electron chi connectivity index (χ1n) is 4.36. The lowest BCUT2D eigenvalue weighted by atomic mass is 10.1. The molecule has 1 unspecified atom stereocenters. The summed E-state index contributed by atoms with van der Waals surface area (Å²) < 4.78 is 18.3. The highest BCUT2D eigenvalue weighted by atomic mass is 18.2. The largest absolute Gasteiger partial charge is 0.494 e. The van der Waals surface area contributed by atoms with Crippen molar-refractivity contribution in [2.45, 2.75) is 12.5 Å². The van der Waals surface area contributed by atoms with Crippen molar-refractivity contribution >= 4 is 5.97 Å². The van der Waals surface area contributed by atoms with Crippen molar-refractivity contribution in [2.24, 2.45) is 5.73 Å². The molecule has 0 aliphatic carbocycles. The van der Waals surface area contributed by atoms with Gasteiger partial charge in [0.05, 0.1) is 7.11 Å². The van der Waals surface area contributed by atoms with Gasteiger partial charge in [-0.1, -0.05) is 12.1 Å². The van der Waals surface area contributed by atoms with Crippen LogP contribution in [0.5, 0.6) is 5.75 Å². The van der Waals surface area contributed by atoms with E-state index < -0.39 is 17.8 Å². The Morgan fingerprint density at radius 2 is 2.33 bits per heavy atom. The van der Waals surface area contributed by atoms with Crippen LogP contribution in [0.4, 0.5) is 4.39 Å². The van der Waals surface area contributed by atoms with E-state index in [0.29, 0.717) is 0 Å². The van der Waals surface area contributed by atoms with Gasteiger partial charge in [0.2, 0.25) is 0 Å². The van der Waals surface area contributed by atoms with Gasteiger partial charge in [0.1, 0.15) is 6.04 Å². The number of halogens is 1. The maximum absolute atomic E-state index is 13.5. The fourth-order valence-electron chi connectivity index (χ4n) is 1.20. The predicted octanol–water partition coefficient (Wildman–Crippen LogP) is 0.789. The number of aliphatic carboxylic acids is 1. The Morgan fingerprint density at radius 1 is 1.67 bits per heavy atom. The molecule has 0 saturated heterocycles. The zero-order chi connectivity index (χ0) is 11.4. The van der Waals surface area contributed by atoms with E-state index in [1.54, 1.807) is 6.07 Å². The normalized spacial score (nSPS) is 12.2. The van der Waals surface area contributed by atoms with Crippen LogP contribution in [-0.4, -0.2) is 24.2 Å². The second-order valence-corrected chi connectivity index (χ2v) is 3.08. The van der Waals surface area contributed by atoms with E-state index in [4.69, 9.17) is 15.6 Å². The lowest BCUT2D eigenvalue weighted by molar-refractivity contribution is -0.138. The van der Waals surface area contributed by atoms with E-state index in [0.717, 1.165) is 0 Å². The molecule has 0 aliphatic rings. The first-order valence-corrected chi connectivity index (χ1v) is 4.36. The summed E-state index contributed by atoms with van der Waals surface area (Å²) in [5.41, 5.74) is 5.54. The molecule has 1 atom stereocenters. The van der Waals surface area contributed by atoms with Gasteiger partial charge in [0.25, 0.3) is 0 Å². The third-order valence-corrected chi connectivity index (χ3v) is 2.02. The Hall–Kier alpha value is -1.62. The van der Waals surface area contributed by atoms with Gasteiger partial charge < -0.3 is 15.6 Å². The van der Waals surface area contributed by atoms with E-state index in [9.17, 15) is 9.18 Å². The monoisotopic (exact) mass is 212 g/mol. The summed E-state index contributed by atoms with van der Waals surface area (Å²) in [5, 5.41) is 8.58. The minimum atomic E-state index is -1.16. The molecule has 5 heteroatoms. The van der Waals surface area contributed by atoms with Gasteiger partial charge in [-0.05, 0) is 11.6 Å². The molecule has 0 aromatic heterocycles. The van der Waals surface area contributed by atoms with E-state index in [1.165, 1.54) is 19.2 Å². The summed E-state index contributed by atoms with van der Waals surface area (Å²) in [6.45, 7) is 0. The number of benzene rings is 1. The molecule has 0 amide bonds. The number of nitrogens with two attached hydrogens (primary N) is 1. The number of carbonyl (C=O) groups is 1. The van der Waals surface area contributed by atoms with Crippen LogP contribution >= 0.6 is 0 Å². The highest BCUT2D eigenvalue weighted by Crippen LogP contribution is 2.20. The number of rotatable bonds is 4. The fourth-order valence-corrected chi connectivity index (χ4v) is 1.20. The van der Waals surface area contributed by atoms with E-state index in [-0.39, 0.29) is 17.7 Å². The first-order chi connectivity index (χ1) is 7.06. The van der Waals surface area contributed by atoms with Crippen LogP contribution in [0.3, 0.4) is 0 Å². The molecule has 0 radical (unpaired) electrons. The Bertz CT molecular complexity index is 368. The summed E-state index contributed by atoms with van der Waals surface area (Å²) in [6, 6.07) is 3.43. The molecule has 15 heavy (non-hydrogen) atoms. The van der Waals surface area contributed by atoms with Crippen molar-refractivity contribution in [1.82, 2.24) is 0 Å². The third-order valence-electron chi connectivity index (χ3n) is 2.02. The molecule has 3 N–H and O–H groups in total. The second kappa shape index (κ2) is 4.75. The van der Waals surface area contributed by atoms with Crippen LogP contribution < -0.4 is 10.5 Å². The molecule has 0 heterocycles. The maximum Gasteiger partial charge on any atom is 0.320 e. The van der Waals surface area contributed by atoms with Gasteiger partial charge in [0.15, 0.2) is 11.6 Å². The van der Waals surface area contributed by atoms with Gasteiger partial charge >= 0.3 is 5.97 Å². The van der Waals surface area contributed by atoms with Gasteiger partial charge in [0, 0.05) is 6.42 Å². The summed E-state index contributed by atoms with van der Waals surface area (Å²) >= 11 is 0. The minimum absolute atomic E-state index is 0.0572. The van der Waals surface area contributed by atoms with Gasteiger partial charge in [-0.25, -0.2) is 4.39 Å². The van der Waals surface area contributed by atoms with Crippen LogP contribution in [0.15, 0.2) is 18.2 Å². The molecule has 1 rings (SSSR count). The number of carboxylic acid groups (broad SMARTS) is 1. The Kier molecular flexibility index (Phi) is 3.62. The minimum Gasteiger partial charge on any atom is -0.494 e. The SMILES string of the molecule is COc1cccc(CC(N)C(=O)O)c1[18F]. The van der Waals surface area contributed by atoms with Gasteiger partial charge in [-0.2, -0.15) is 0 Å². The Balaban J connectivity index is 2.90. The summed E-state index contributed by atoms with van der Waals surface area (Å²) in [7, 11) is 1.35. The Labute approximate surface area is 86.5 Å². The molecule has 0 fully saturated rings. The zero-order valence-electron chi connectivity index (χ0n) is 8.24. The third kappa shape index (κ3) is 2.66. The number of carboxylic acids is 1. The van der Waals surface area contributed by atoms with Crippen LogP contribution in [0.25, 0.3) is 0 Å². The number of hydrogen-bond donors (Lipinski definition) is 2. The van der Waals surface area contributed by atoms with E-state index in [1.807, 2.05) is 0 Å². The molecule has 0 saturated carbocycles. The van der Waals surface area contributed by atoms with Crippen molar-refractivity contribution in [3.05, 3.63) is 29.6 Å². The smallest absolute Gasteiger partial charge is 0.320 e. The first kappa shape index (κ1) is 11.5.